The molecule has 0 aliphatic rings. The summed E-state index contributed by atoms with van der Waals surface area (Å²) in [6.45, 7) is 3.93. The number of aromatic nitrogens is 3. The zero-order chi connectivity index (χ0) is 21.7. The Labute approximate surface area is 178 Å². The number of rotatable bonds is 7. The Morgan fingerprint density at radius 3 is 2.60 bits per heavy atom. The Hall–Kier alpha value is -3.33. The molecule has 8 nitrogen and oxygen atoms in total. The first-order chi connectivity index (χ1) is 14.4. The Kier molecular flexibility index (Phi) is 6.73. The van der Waals surface area contributed by atoms with Gasteiger partial charge in [0.25, 0.3) is 5.56 Å². The summed E-state index contributed by atoms with van der Waals surface area (Å²) in [4.78, 5) is 24.8. The van der Waals surface area contributed by atoms with Gasteiger partial charge in [0.1, 0.15) is 11.4 Å². The SMILES string of the molecule is COc1ccc(Cc2nnc(SCC(=O)Nc3cccc(C)c3C)n(N)c2=O)cc1. The molecule has 1 heterocycles. The summed E-state index contributed by atoms with van der Waals surface area (Å²) in [5, 5.41) is 11.1. The molecule has 0 saturated heterocycles. The Bertz CT molecular complexity index is 1110. The summed E-state index contributed by atoms with van der Waals surface area (Å²) in [7, 11) is 1.59. The number of methoxy groups -OCH3 is 1. The molecule has 156 valence electrons. The number of anilines is 1. The van der Waals surface area contributed by atoms with Crippen LogP contribution in [-0.4, -0.2) is 33.6 Å². The maximum absolute atomic E-state index is 12.5. The predicted octanol–water partition coefficient (Wildman–Crippen LogP) is 2.30. The number of thioether (sulfide) groups is 1. The monoisotopic (exact) mass is 425 g/mol. The molecule has 0 aliphatic heterocycles. The molecule has 0 aliphatic carbocycles. The molecule has 0 bridgehead atoms. The van der Waals surface area contributed by atoms with Crippen LogP contribution in [0, 0.1) is 13.8 Å². The number of hydrogen-bond acceptors (Lipinski definition) is 7. The smallest absolute Gasteiger partial charge is 0.294 e. The van der Waals surface area contributed by atoms with Gasteiger partial charge in [-0.25, -0.2) is 0 Å². The number of carbonyl (C=O) groups excluding carboxylic acids is 1. The van der Waals surface area contributed by atoms with Crippen molar-refractivity contribution in [3.8, 4) is 5.75 Å². The lowest BCUT2D eigenvalue weighted by Gasteiger charge is -2.11. The van der Waals surface area contributed by atoms with E-state index in [1.807, 2.05) is 56.3 Å². The molecule has 1 aromatic heterocycles. The number of carbonyl (C=O) groups is 1. The topological polar surface area (TPSA) is 112 Å². The van der Waals surface area contributed by atoms with Crippen molar-refractivity contribution in [3.05, 3.63) is 75.2 Å². The first kappa shape index (κ1) is 21.4. The van der Waals surface area contributed by atoms with Crippen LogP contribution in [0.1, 0.15) is 22.4 Å². The first-order valence-corrected chi connectivity index (χ1v) is 10.2. The van der Waals surface area contributed by atoms with Crippen LogP contribution in [0.2, 0.25) is 0 Å². The Balaban J connectivity index is 1.65. The van der Waals surface area contributed by atoms with E-state index in [0.717, 1.165) is 44.6 Å². The van der Waals surface area contributed by atoms with Crippen molar-refractivity contribution < 1.29 is 9.53 Å². The van der Waals surface area contributed by atoms with Gasteiger partial charge in [-0.3, -0.25) is 9.59 Å². The molecule has 30 heavy (non-hydrogen) atoms. The second-order valence-electron chi connectivity index (χ2n) is 6.71. The van der Waals surface area contributed by atoms with Crippen LogP contribution in [0.3, 0.4) is 0 Å². The van der Waals surface area contributed by atoms with Crippen molar-refractivity contribution in [2.45, 2.75) is 25.4 Å². The zero-order valence-electron chi connectivity index (χ0n) is 17.0. The van der Waals surface area contributed by atoms with Gasteiger partial charge >= 0.3 is 0 Å². The standard InChI is InChI=1S/C21H23N5O3S/c1-13-5-4-6-17(14(13)2)23-19(27)12-30-21-25-24-18(20(28)26(21)22)11-15-7-9-16(29-3)10-8-15/h4-10H,11-12,22H2,1-3H3,(H,23,27). The summed E-state index contributed by atoms with van der Waals surface area (Å²) in [6.07, 6.45) is 0.297. The lowest BCUT2D eigenvalue weighted by Crippen LogP contribution is -2.34. The van der Waals surface area contributed by atoms with Gasteiger partial charge in [-0.15, -0.1) is 10.2 Å². The Morgan fingerprint density at radius 1 is 1.17 bits per heavy atom. The normalized spacial score (nSPS) is 10.6. The van der Waals surface area contributed by atoms with Crippen LogP contribution in [0.5, 0.6) is 5.75 Å². The molecule has 2 aromatic carbocycles. The van der Waals surface area contributed by atoms with Crippen LogP contribution in [-0.2, 0) is 11.2 Å². The molecule has 3 N–H and O–H groups in total. The van der Waals surface area contributed by atoms with Crippen molar-refractivity contribution in [1.29, 1.82) is 0 Å². The molecule has 3 aromatic rings. The molecule has 9 heteroatoms. The van der Waals surface area contributed by atoms with Crippen LogP contribution < -0.4 is 21.5 Å². The largest absolute Gasteiger partial charge is 0.497 e. The highest BCUT2D eigenvalue weighted by atomic mass is 32.2. The lowest BCUT2D eigenvalue weighted by atomic mass is 10.1. The van der Waals surface area contributed by atoms with Crippen molar-refractivity contribution >= 4 is 23.4 Å². The van der Waals surface area contributed by atoms with Gasteiger partial charge in [0.05, 0.1) is 12.9 Å². The third kappa shape index (κ3) is 4.98. The highest BCUT2D eigenvalue weighted by Crippen LogP contribution is 2.19. The van der Waals surface area contributed by atoms with Crippen molar-refractivity contribution in [2.24, 2.45) is 0 Å². The van der Waals surface area contributed by atoms with Gasteiger partial charge in [-0.1, -0.05) is 36.0 Å². The fourth-order valence-electron chi connectivity index (χ4n) is 2.77. The molecule has 0 atom stereocenters. The van der Waals surface area contributed by atoms with Gasteiger partial charge < -0.3 is 15.9 Å². The number of amides is 1. The van der Waals surface area contributed by atoms with E-state index < -0.39 is 5.56 Å². The average molecular weight is 426 g/mol. The van der Waals surface area contributed by atoms with Crippen LogP contribution in [0.15, 0.2) is 52.4 Å². The van der Waals surface area contributed by atoms with Crippen LogP contribution in [0.25, 0.3) is 0 Å². The van der Waals surface area contributed by atoms with Gasteiger partial charge in [0.15, 0.2) is 0 Å². The summed E-state index contributed by atoms with van der Waals surface area (Å²) in [5.41, 5.74) is 3.52. The van der Waals surface area contributed by atoms with E-state index in [4.69, 9.17) is 10.6 Å². The van der Waals surface area contributed by atoms with E-state index in [-0.39, 0.29) is 22.5 Å². The summed E-state index contributed by atoms with van der Waals surface area (Å²) < 4.78 is 6.06. The number of benzene rings is 2. The third-order valence-corrected chi connectivity index (χ3v) is 5.61. The fourth-order valence-corrected chi connectivity index (χ4v) is 3.42. The molecule has 3 rings (SSSR count). The number of hydrogen-bond donors (Lipinski definition) is 2. The number of nitrogens with two attached hydrogens (primary N) is 1. The van der Waals surface area contributed by atoms with Gasteiger partial charge in [-0.2, -0.15) is 4.68 Å². The Morgan fingerprint density at radius 2 is 1.90 bits per heavy atom. The highest BCUT2D eigenvalue weighted by molar-refractivity contribution is 7.99. The minimum atomic E-state index is -0.446. The molecular formula is C21H23N5O3S. The number of nitrogens with zero attached hydrogens (tertiary/aromatic N) is 3. The van der Waals surface area contributed by atoms with Crippen molar-refractivity contribution in [3.63, 3.8) is 0 Å². The quantitative estimate of drug-likeness (QED) is 0.441. The maximum atomic E-state index is 12.5. The van der Waals surface area contributed by atoms with Gasteiger partial charge in [-0.05, 0) is 48.7 Å². The van der Waals surface area contributed by atoms with E-state index in [1.165, 1.54) is 0 Å². The molecule has 0 unspecified atom stereocenters. The molecular weight excluding hydrogens is 402 g/mol. The van der Waals surface area contributed by atoms with E-state index in [9.17, 15) is 9.59 Å². The predicted molar refractivity (Wildman–Crippen MR) is 118 cm³/mol. The summed E-state index contributed by atoms with van der Waals surface area (Å²) in [6, 6.07) is 13.0. The molecule has 0 radical (unpaired) electrons. The van der Waals surface area contributed by atoms with Crippen molar-refractivity contribution in [2.75, 3.05) is 24.0 Å². The average Bonchev–Trinajstić information content (AvgIpc) is 2.74. The first-order valence-electron chi connectivity index (χ1n) is 9.24. The fraction of sp³-hybridized carbons (Fsp3) is 0.238. The minimum absolute atomic E-state index is 0.0521. The van der Waals surface area contributed by atoms with Crippen LogP contribution >= 0.6 is 11.8 Å². The summed E-state index contributed by atoms with van der Waals surface area (Å²) in [5.74, 6) is 6.46. The van der Waals surface area contributed by atoms with E-state index in [0.29, 0.717) is 6.42 Å². The molecule has 1 amide bonds. The summed E-state index contributed by atoms with van der Waals surface area (Å²) >= 11 is 1.05. The van der Waals surface area contributed by atoms with Gasteiger partial charge in [0, 0.05) is 12.1 Å². The van der Waals surface area contributed by atoms with E-state index in [1.54, 1.807) is 7.11 Å². The van der Waals surface area contributed by atoms with Crippen LogP contribution in [0.4, 0.5) is 5.69 Å². The van der Waals surface area contributed by atoms with E-state index in [2.05, 4.69) is 15.5 Å². The minimum Gasteiger partial charge on any atom is -0.497 e. The van der Waals surface area contributed by atoms with Crippen molar-refractivity contribution in [1.82, 2.24) is 14.9 Å². The number of nitrogen functional groups attached to an aromatic ring is 1. The van der Waals surface area contributed by atoms with Gasteiger partial charge in [0.2, 0.25) is 11.1 Å². The highest BCUT2D eigenvalue weighted by Gasteiger charge is 2.14. The number of nitrogens with one attached hydrogen (secondary N) is 1. The number of ether oxygens (including phenoxy) is 1. The molecule has 0 saturated carbocycles. The maximum Gasteiger partial charge on any atom is 0.294 e. The van der Waals surface area contributed by atoms with E-state index >= 15 is 0 Å². The zero-order valence-corrected chi connectivity index (χ0v) is 17.8. The second kappa shape index (κ2) is 9.45. The lowest BCUT2D eigenvalue weighted by molar-refractivity contribution is -0.113. The second-order valence-corrected chi connectivity index (χ2v) is 7.66. The third-order valence-electron chi connectivity index (χ3n) is 4.67. The molecule has 0 fully saturated rings. The number of aryl methyl sites for hydroxylation is 1. The molecule has 0 spiro atoms.